The average molecular weight is 1530 g/mol. The molecule has 0 unspecified atom stereocenters. The smallest absolute Gasteiger partial charge is 0.508 e. The fourth-order valence-corrected chi connectivity index (χ4v) is 14.9. The number of aromatic nitrogens is 17. The second-order valence-electron chi connectivity index (χ2n) is 28.3. The molecule has 6 N–H and O–H groups in total. The van der Waals surface area contributed by atoms with E-state index in [1.165, 1.54) is 87.0 Å². The van der Waals surface area contributed by atoms with Crippen LogP contribution in [0.3, 0.4) is 0 Å². The SMILES string of the molecule is CC(C)c1cnn2c(N[C@@H]3CCc4[nH]c5cc(O)ccc5c4C3)nc(-c3cncc(F)c3)nc12.COc1ccc2c(c1)CC1=C2C[C@@H](Nc2nc(-c3cncc(F)c3)nc3c(C(C)C)cnn23)CC1.COc1ccc2c3c([nH]c2c1)CC[C@@H](Nc1nc(-c2cncc(F)c2)nc2c(C(C)C)cnn12)C3.[Cl][Al]([Cl])[Cl]. The zero-order valence-corrected chi connectivity index (χ0v) is 63.9. The summed E-state index contributed by atoms with van der Waals surface area (Å²) in [5.74, 6) is 4.46. The maximum Gasteiger partial charge on any atom is 0.643 e. The molecule has 11 heterocycles. The van der Waals surface area contributed by atoms with E-state index in [1.54, 1.807) is 58.5 Å². The lowest BCUT2D eigenvalue weighted by molar-refractivity contribution is 0.414. The Hall–Kier alpha value is -10.4. The number of pyridine rings is 3. The van der Waals surface area contributed by atoms with Gasteiger partial charge in [-0.25, -0.2) is 58.3 Å². The van der Waals surface area contributed by atoms with Crippen molar-refractivity contribution in [3.05, 3.63) is 202 Å². The van der Waals surface area contributed by atoms with Gasteiger partial charge in [-0.3, -0.25) is 15.0 Å². The summed E-state index contributed by atoms with van der Waals surface area (Å²) in [4.78, 5) is 47.4. The molecular weight excluding hydrogens is 1460 g/mol. The van der Waals surface area contributed by atoms with E-state index >= 15 is 0 Å². The highest BCUT2D eigenvalue weighted by Crippen LogP contribution is 2.44. The minimum Gasteiger partial charge on any atom is -0.508 e. The molecule has 30 heteroatoms. The van der Waals surface area contributed by atoms with Crippen LogP contribution in [0.2, 0.25) is 0 Å². The number of nitrogens with one attached hydrogen (secondary N) is 5. The monoisotopic (exact) mass is 1530 g/mol. The highest BCUT2D eigenvalue weighted by molar-refractivity contribution is 7.54. The number of fused-ring (bicyclic) bond motifs is 11. The molecule has 14 aromatic rings. The van der Waals surface area contributed by atoms with Gasteiger partial charge < -0.3 is 40.5 Å². The number of H-pyrrole nitrogens is 2. The van der Waals surface area contributed by atoms with Crippen LogP contribution in [0.1, 0.15) is 142 Å². The summed E-state index contributed by atoms with van der Waals surface area (Å²) in [5.41, 5.74) is 19.5. The fraction of sp³-hybridized carbons (Fsp3) is 0.308. The molecule has 0 radical (unpaired) electrons. The van der Waals surface area contributed by atoms with E-state index in [0.717, 1.165) is 114 Å². The lowest BCUT2D eigenvalue weighted by atomic mass is 9.88. The van der Waals surface area contributed by atoms with Crippen molar-refractivity contribution in [3.8, 4) is 51.4 Å². The van der Waals surface area contributed by atoms with Crippen molar-refractivity contribution in [2.24, 2.45) is 0 Å². The van der Waals surface area contributed by atoms with Crippen molar-refractivity contribution >= 4 is 104 Å². The van der Waals surface area contributed by atoms with Crippen LogP contribution in [0.25, 0.3) is 78.5 Å². The molecule has 23 nitrogen and oxygen atoms in total. The zero-order chi connectivity index (χ0) is 75.2. The van der Waals surface area contributed by atoms with Crippen LogP contribution in [0.4, 0.5) is 31.0 Å². The molecule has 0 amide bonds. The minimum atomic E-state index is -1.72. The Morgan fingerprint density at radius 2 is 0.889 bits per heavy atom. The number of aryl methyl sites for hydroxylation is 2. The lowest BCUT2D eigenvalue weighted by Crippen LogP contribution is -2.29. The Balaban J connectivity index is 0.000000126. The van der Waals surface area contributed by atoms with E-state index < -0.39 is 28.8 Å². The van der Waals surface area contributed by atoms with Gasteiger partial charge in [0.25, 0.3) is 0 Å². The van der Waals surface area contributed by atoms with E-state index in [0.29, 0.717) is 63.3 Å². The van der Waals surface area contributed by atoms with Crippen molar-refractivity contribution in [1.29, 1.82) is 0 Å². The Labute approximate surface area is 636 Å². The first-order valence-corrected chi connectivity index (χ1v) is 41.1. The number of anilines is 3. The Morgan fingerprint density at radius 3 is 1.31 bits per heavy atom. The van der Waals surface area contributed by atoms with Gasteiger partial charge >= 0.3 is 11.4 Å². The molecule has 3 aromatic carbocycles. The number of phenols is 1. The van der Waals surface area contributed by atoms with Crippen LogP contribution >= 0.6 is 30.1 Å². The first-order valence-electron chi connectivity index (χ1n) is 35.9. The minimum absolute atomic E-state index is 0.128. The summed E-state index contributed by atoms with van der Waals surface area (Å²) in [5, 5.41) is 36.7. The van der Waals surface area contributed by atoms with Gasteiger partial charge in [0.1, 0.15) is 34.7 Å². The molecule has 4 aliphatic carbocycles. The molecule has 0 bridgehead atoms. The maximum absolute atomic E-state index is 13.9. The first kappa shape index (κ1) is 73.1. The number of hydrogen-bond donors (Lipinski definition) is 6. The largest absolute Gasteiger partial charge is 0.643 e. The summed E-state index contributed by atoms with van der Waals surface area (Å²) < 4.78 is 57.8. The van der Waals surface area contributed by atoms with Gasteiger partial charge in [-0.15, -0.1) is 0 Å². The number of halogens is 6. The number of benzene rings is 3. The highest BCUT2D eigenvalue weighted by atomic mass is 35.8. The molecule has 108 heavy (non-hydrogen) atoms. The standard InChI is InChI=1S/C27H27FN6O.C26H26FN7O.C25H24FN7O.Al.3ClH/c1-15(2)24-14-30-34-26(24)32-25(18-9-19(28)13-29-12-18)33-27(34)31-20-5-4-16-8-17-10-21(35-3)6-7-22(17)23(16)11-20;1-14(2)21-13-29-34-25(21)32-24(15-8-16(27)12-28-11-15)33-26(34)30-17-4-7-22-20(9-17)19-6-5-18(35-3)10-23(19)31-22;1-13(2)20-12-28-33-24(20)31-23(14-7-15(26)11-27-10-14)32-25(33)29-16-3-6-21-19(8-16)18-5-4-17(34)9-22(18)30-21;;;;/h6-7,9-10,12-15,20H,4-5,8,11H2,1-3H3,(H,31,32,33);5-6,8,10-14,17,31H,4,7,9H2,1-3H3,(H,30,32,33);4-5,7,9-13,16,30,34H,3,6,8H2,1-2H3,(H,29,31,32);;3*1H/q;;;+3;;;/p-3/t20-;17-;16-;;;;/m011..../s1. The number of ether oxygens (including phenoxy) is 2. The number of methoxy groups -OCH3 is 2. The molecule has 11 aromatic heterocycles. The quantitative estimate of drug-likeness (QED) is 0.0552. The van der Waals surface area contributed by atoms with Gasteiger partial charge in [-0.2, -0.15) is 43.8 Å². The summed E-state index contributed by atoms with van der Waals surface area (Å²) in [6.45, 7) is 12.6. The third-order valence-electron chi connectivity index (χ3n) is 20.2. The van der Waals surface area contributed by atoms with E-state index in [2.05, 4.69) is 116 Å². The average Bonchev–Trinajstić information content (AvgIpc) is 1.57. The van der Waals surface area contributed by atoms with Gasteiger partial charge in [-0.1, -0.05) is 53.2 Å². The third-order valence-corrected chi connectivity index (χ3v) is 20.2. The van der Waals surface area contributed by atoms with Gasteiger partial charge in [0.15, 0.2) is 34.4 Å². The second-order valence-corrected chi connectivity index (χ2v) is 34.8. The van der Waals surface area contributed by atoms with E-state index in [-0.39, 0.29) is 41.6 Å². The third kappa shape index (κ3) is 15.3. The van der Waals surface area contributed by atoms with Crippen molar-refractivity contribution in [1.82, 2.24) is 83.7 Å². The molecule has 0 spiro atoms. The fourth-order valence-electron chi connectivity index (χ4n) is 14.9. The molecule has 0 saturated carbocycles. The van der Waals surface area contributed by atoms with Gasteiger partial charge in [0.2, 0.25) is 17.8 Å². The van der Waals surface area contributed by atoms with Gasteiger partial charge in [-0.05, 0) is 164 Å². The van der Waals surface area contributed by atoms with Crippen LogP contribution in [0.15, 0.2) is 134 Å². The number of aromatic hydroxyl groups is 1. The van der Waals surface area contributed by atoms with Crippen molar-refractivity contribution in [3.63, 3.8) is 0 Å². The second kappa shape index (κ2) is 31.0. The molecule has 4 aliphatic rings. The molecular formula is C78H77AlCl3F3N20O3. The Morgan fingerprint density at radius 1 is 0.491 bits per heavy atom. The number of allylic oxidation sites excluding steroid dienone is 1. The van der Waals surface area contributed by atoms with E-state index in [1.807, 2.05) is 42.9 Å². The number of hydrogen-bond acceptors (Lipinski definition) is 18. The van der Waals surface area contributed by atoms with Crippen LogP contribution in [0.5, 0.6) is 17.2 Å². The van der Waals surface area contributed by atoms with Crippen LogP contribution in [-0.2, 0) is 32.1 Å². The van der Waals surface area contributed by atoms with Crippen molar-refractivity contribution in [2.45, 2.75) is 142 Å². The van der Waals surface area contributed by atoms with Crippen LogP contribution < -0.4 is 25.4 Å². The van der Waals surface area contributed by atoms with Gasteiger partial charge in [0, 0.05) is 115 Å². The Kier molecular flexibility index (Phi) is 21.0. The number of rotatable bonds is 14. The van der Waals surface area contributed by atoms with E-state index in [9.17, 15) is 18.3 Å². The molecule has 0 fully saturated rings. The lowest BCUT2D eigenvalue weighted by Gasteiger charge is -2.26. The van der Waals surface area contributed by atoms with Gasteiger partial charge in [0.05, 0.1) is 51.4 Å². The summed E-state index contributed by atoms with van der Waals surface area (Å²) >= 11 is -1.72. The zero-order valence-electron chi connectivity index (χ0n) is 60.5. The predicted molar refractivity (Wildman–Crippen MR) is 416 cm³/mol. The van der Waals surface area contributed by atoms with E-state index in [4.69, 9.17) is 69.5 Å². The Bertz CT molecular complexity index is 5740. The molecule has 0 aliphatic heterocycles. The topological polar surface area (TPSA) is 274 Å². The number of nitrogens with zero attached hydrogens (tertiary/aromatic N) is 15. The summed E-state index contributed by atoms with van der Waals surface area (Å²) in [7, 11) is 18.2. The normalized spacial score (nSPS) is 15.8. The molecule has 0 saturated heterocycles. The van der Waals surface area contributed by atoms with Crippen LogP contribution in [0, 0.1) is 17.5 Å². The molecule has 18 rings (SSSR count). The number of phenolic OH excluding ortho intramolecular Hbond substituents is 1. The summed E-state index contributed by atoms with van der Waals surface area (Å²) in [6, 6.07) is 22.7. The highest BCUT2D eigenvalue weighted by Gasteiger charge is 2.32. The molecule has 552 valence electrons. The molecule has 3 atom stereocenters. The van der Waals surface area contributed by atoms with Crippen LogP contribution in [-0.4, -0.2) is 133 Å². The first-order chi connectivity index (χ1) is 52.2. The summed E-state index contributed by atoms with van der Waals surface area (Å²) in [6.07, 6.45) is 23.0. The van der Waals surface area contributed by atoms with Crippen molar-refractivity contribution < 1.29 is 27.8 Å². The predicted octanol–water partition coefficient (Wildman–Crippen LogP) is 16.6. The maximum atomic E-state index is 13.9. The van der Waals surface area contributed by atoms with Crippen molar-refractivity contribution in [2.75, 3.05) is 30.2 Å². The number of aromatic amines is 2.